The van der Waals surface area contributed by atoms with Crippen molar-refractivity contribution in [1.29, 1.82) is 0 Å². The molecule has 678 valence electrons. The van der Waals surface area contributed by atoms with E-state index >= 15 is 0 Å². The van der Waals surface area contributed by atoms with Crippen molar-refractivity contribution in [3.8, 4) is 135 Å². The fourth-order valence-corrected chi connectivity index (χ4v) is 13.1. The first-order chi connectivity index (χ1) is 68.8. The molecule has 0 atom stereocenters. The summed E-state index contributed by atoms with van der Waals surface area (Å²) in [6, 6.07) is 147. The van der Waals surface area contributed by atoms with Crippen LogP contribution in [0.4, 0.5) is 0 Å². The van der Waals surface area contributed by atoms with Gasteiger partial charge in [0.2, 0.25) is 0 Å². The van der Waals surface area contributed by atoms with Crippen molar-refractivity contribution >= 4 is 0 Å². The van der Waals surface area contributed by atoms with Crippen LogP contribution in [0.15, 0.2) is 420 Å². The van der Waals surface area contributed by atoms with Gasteiger partial charge in [-0.3, -0.25) is 0 Å². The normalized spacial score (nSPS) is 11.6. The molecule has 0 N–H and O–H groups in total. The van der Waals surface area contributed by atoms with Gasteiger partial charge >= 0.3 is 0 Å². The van der Waals surface area contributed by atoms with Gasteiger partial charge < -0.3 is 39.9 Å². The quantitative estimate of drug-likeness (QED) is 0.111. The zero-order valence-electron chi connectivity index (χ0n) is 87.2. The minimum Gasteiger partial charge on any atom is -0.305 e. The van der Waals surface area contributed by atoms with E-state index in [1.54, 1.807) is 58.2 Å². The summed E-state index contributed by atoms with van der Waals surface area (Å²) in [7, 11) is 0. The van der Waals surface area contributed by atoms with Crippen LogP contribution >= 0.6 is 0 Å². The van der Waals surface area contributed by atoms with E-state index in [9.17, 15) is 0 Å². The smallest absolute Gasteiger partial charge is 0.0280 e. The summed E-state index contributed by atoms with van der Waals surface area (Å²) in [6.07, 6.45) is 13.1. The molecule has 0 spiro atoms. The van der Waals surface area contributed by atoms with E-state index in [0.29, 0.717) is 22.3 Å². The Hall–Kier alpha value is -13.6. The van der Waals surface area contributed by atoms with Crippen molar-refractivity contribution < 1.29 is 96.9 Å². The van der Waals surface area contributed by atoms with E-state index in [0.717, 1.165) is 112 Å². The third-order valence-corrected chi connectivity index (χ3v) is 20.6. The van der Waals surface area contributed by atoms with E-state index in [1.807, 2.05) is 244 Å². The molecule has 12 heteroatoms. The van der Waals surface area contributed by atoms with Crippen LogP contribution in [0.5, 0.6) is 0 Å². The second-order valence-corrected chi connectivity index (χ2v) is 30.4. The minimum absolute atomic E-state index is 0. The van der Waals surface area contributed by atoms with E-state index in [4.69, 9.17) is 16.4 Å². The van der Waals surface area contributed by atoms with Gasteiger partial charge in [-0.1, -0.05) is 203 Å². The molecule has 4 radical (unpaired) electrons. The largest absolute Gasteiger partial charge is 0.305 e. The van der Waals surface area contributed by atoms with E-state index < -0.39 is 27.4 Å². The molecule has 0 fully saturated rings. The van der Waals surface area contributed by atoms with Gasteiger partial charge in [0.15, 0.2) is 0 Å². The SMILES string of the molecule is Cc1ccc(-c2[c-]ccc(-c3ccccc3)c2)nc1.Cc1ccc(-c2ccnc(-c3[c-]cccc3)c2)cc1.Cc1ccc(-c2ccnc(-c3[c-]cccc3)c2)cc1.[2H]C([2H])([2H])c1cnc(-c2[c-]cccc2)cc1C.[2H]C([2H])([2H])c1cnc(-c2[c-]cccc2)cc1C.[2H]C([2H])([2H])c1cnc(-c2[c-]cccc2)cc1C.[2H]C([2H])([2H])c1cnc(-c2[c-]cccc2)cc1C.[Ir].[Ir].[Ir].[Ir].[c-]1ccc(-c2ccccc2)cc1-c1ccccn1. The van der Waals surface area contributed by atoms with Crippen molar-refractivity contribution in [2.45, 2.75) is 75.9 Å². The van der Waals surface area contributed by atoms with Gasteiger partial charge in [0, 0.05) is 146 Å². The van der Waals surface area contributed by atoms with Crippen LogP contribution in [0.2, 0.25) is 0 Å². The number of rotatable bonds is 12. The predicted molar refractivity (Wildman–Crippen MR) is 542 cm³/mol. The molecular weight excluding hydrogens is 2360 g/mol. The molecule has 0 bridgehead atoms. The molecule has 8 heterocycles. The fourth-order valence-electron chi connectivity index (χ4n) is 13.1. The van der Waals surface area contributed by atoms with Gasteiger partial charge in [-0.05, 0) is 201 Å². The molecule has 0 aliphatic heterocycles. The molecule has 8 nitrogen and oxygen atoms in total. The number of aromatic nitrogens is 8. The van der Waals surface area contributed by atoms with Gasteiger partial charge in [0.25, 0.3) is 0 Å². The summed E-state index contributed by atoms with van der Waals surface area (Å²) in [5, 5.41) is 0. The maximum absolute atomic E-state index is 7.37. The molecule has 0 saturated carbocycles. The van der Waals surface area contributed by atoms with Crippen molar-refractivity contribution in [3.05, 3.63) is 529 Å². The van der Waals surface area contributed by atoms with Crippen molar-refractivity contribution in [1.82, 2.24) is 39.9 Å². The Bertz CT molecular complexity index is 6660. The van der Waals surface area contributed by atoms with Crippen LogP contribution in [0.1, 0.15) is 77.6 Å². The maximum atomic E-state index is 7.37. The van der Waals surface area contributed by atoms with Crippen LogP contribution in [-0.4, -0.2) is 39.9 Å². The average molecular weight is 2470 g/mol. The Kier molecular flexibility index (Phi) is 36.0. The maximum Gasteiger partial charge on any atom is 0.0280 e. The number of benzene rings is 12. The number of aryl methyl sites for hydroxylation is 11. The van der Waals surface area contributed by atoms with Gasteiger partial charge in [-0.25, -0.2) is 0 Å². The first kappa shape index (κ1) is 88.1. The second-order valence-electron chi connectivity index (χ2n) is 30.4. The number of hydrogen-bond acceptors (Lipinski definition) is 8. The molecule has 0 unspecified atom stereocenters. The summed E-state index contributed by atoms with van der Waals surface area (Å²) >= 11 is 0. The van der Waals surface area contributed by atoms with E-state index in [-0.39, 0.29) is 80.4 Å². The van der Waals surface area contributed by atoms with Gasteiger partial charge in [-0.2, -0.15) is 0 Å². The number of hydrogen-bond donors (Lipinski definition) is 0. The summed E-state index contributed by atoms with van der Waals surface area (Å²) in [5.41, 5.74) is 31.8. The van der Waals surface area contributed by atoms with Crippen LogP contribution < -0.4 is 0 Å². The zero-order chi connectivity index (χ0) is 101. The Labute approximate surface area is 869 Å². The second kappa shape index (κ2) is 55.2. The molecule has 0 saturated heterocycles. The Balaban J connectivity index is 0.000000186. The van der Waals surface area contributed by atoms with Crippen LogP contribution in [-0.2, 0) is 80.4 Å². The van der Waals surface area contributed by atoms with Crippen LogP contribution in [0.3, 0.4) is 0 Å². The Morgan fingerprint density at radius 2 is 0.430 bits per heavy atom. The Morgan fingerprint density at radius 1 is 0.170 bits per heavy atom. The molecule has 135 heavy (non-hydrogen) atoms. The van der Waals surface area contributed by atoms with Gasteiger partial charge in [-0.15, -0.1) is 286 Å². The summed E-state index contributed by atoms with van der Waals surface area (Å²) in [6.45, 7) is 4.98. The van der Waals surface area contributed by atoms with Crippen LogP contribution in [0.25, 0.3) is 135 Å². The molecule has 12 aromatic carbocycles. The first-order valence-electron chi connectivity index (χ1n) is 48.6. The first-order valence-corrected chi connectivity index (χ1v) is 42.6. The topological polar surface area (TPSA) is 103 Å². The standard InChI is InChI=1S/3C18H14N.C17H12N.4C13H12N.4Ir/c1-14-10-11-18(19-13-14)17-9-5-8-16(12-17)15-6-3-2-4-7-15;2*1-14-7-9-15(10-8-14)17-11-12-19-18(13-17)16-5-3-2-4-6-16;1-2-7-14(8-3-1)15-9-6-10-16(13-15)17-11-4-5-12-18-17;4*1-10-8-13(14-9-11(10)2)12-6-4-3-5-7-12;;;;/h2-8,10-13H,1H3;2*2-5,7-13H,1H3;1-9,11-13H;4*3-6,8-9H,1-2H3;;;;/q8*-1;;;;/i;;;;4*2D3;;;;. The molecule has 0 amide bonds. The molecular formula is C123H102Ir4N8-8. The monoisotopic (exact) mass is 2470 g/mol. The van der Waals surface area contributed by atoms with E-state index in [1.165, 1.54) is 86.0 Å². The minimum atomic E-state index is -2.10. The average Bonchev–Trinajstić information content (AvgIpc) is 0.808. The van der Waals surface area contributed by atoms with Crippen molar-refractivity contribution in [2.75, 3.05) is 0 Å². The van der Waals surface area contributed by atoms with E-state index in [2.05, 4.69) is 230 Å². The molecule has 0 aliphatic carbocycles. The number of nitrogens with zero attached hydrogens (tertiary/aromatic N) is 8. The fraction of sp³-hybridized carbons (Fsp3) is 0.0894. The number of pyridine rings is 8. The summed E-state index contributed by atoms with van der Waals surface area (Å²) < 4.78 is 88.5. The van der Waals surface area contributed by atoms with Crippen molar-refractivity contribution in [2.24, 2.45) is 0 Å². The van der Waals surface area contributed by atoms with Crippen molar-refractivity contribution in [3.63, 3.8) is 0 Å². The third kappa shape index (κ3) is 32.4. The predicted octanol–water partition coefficient (Wildman–Crippen LogP) is 30.4. The third-order valence-electron chi connectivity index (χ3n) is 20.6. The molecule has 20 aromatic rings. The molecule has 0 aliphatic rings. The van der Waals surface area contributed by atoms with Gasteiger partial charge in [0.1, 0.15) is 0 Å². The zero-order valence-corrected chi connectivity index (χ0v) is 84.8. The van der Waals surface area contributed by atoms with Gasteiger partial charge in [0.05, 0.1) is 0 Å². The molecule has 20 rings (SSSR count). The summed E-state index contributed by atoms with van der Waals surface area (Å²) in [4.78, 5) is 34.4. The Morgan fingerprint density at radius 3 is 0.704 bits per heavy atom. The molecule has 8 aromatic heterocycles. The summed E-state index contributed by atoms with van der Waals surface area (Å²) in [5.74, 6) is 0. The van der Waals surface area contributed by atoms with Crippen LogP contribution in [0, 0.1) is 124 Å².